The van der Waals surface area contributed by atoms with E-state index in [1.165, 1.54) is 11.0 Å². The molecule has 0 aliphatic heterocycles. The van der Waals surface area contributed by atoms with Crippen LogP contribution >= 0.6 is 0 Å². The highest BCUT2D eigenvalue weighted by molar-refractivity contribution is 6.24. The zero-order chi connectivity index (χ0) is 25.6. The number of aromatic carboxylic acids is 1. The first-order valence-electron chi connectivity index (χ1n) is 11.3. The van der Waals surface area contributed by atoms with Gasteiger partial charge in [-0.25, -0.2) is 9.78 Å². The van der Waals surface area contributed by atoms with Crippen LogP contribution in [0.3, 0.4) is 0 Å². The summed E-state index contributed by atoms with van der Waals surface area (Å²) in [6, 6.07) is 13.7. The number of aromatic amines is 1. The van der Waals surface area contributed by atoms with E-state index in [-0.39, 0.29) is 22.2 Å². The molecule has 0 aliphatic rings. The van der Waals surface area contributed by atoms with E-state index < -0.39 is 17.7 Å². The van der Waals surface area contributed by atoms with Crippen LogP contribution in [0, 0.1) is 6.92 Å². The third-order valence-corrected chi connectivity index (χ3v) is 6.20. The maximum atomic E-state index is 13.7. The molecule has 0 aliphatic carbocycles. The Balaban J connectivity index is 1.56. The number of amides is 1. The van der Waals surface area contributed by atoms with E-state index >= 15 is 0 Å². The summed E-state index contributed by atoms with van der Waals surface area (Å²) in [6.45, 7) is 2.49. The lowest BCUT2D eigenvalue weighted by molar-refractivity contribution is 0.0698. The third-order valence-electron chi connectivity index (χ3n) is 6.20. The summed E-state index contributed by atoms with van der Waals surface area (Å²) < 4.78 is 2.07. The van der Waals surface area contributed by atoms with Crippen LogP contribution in [0.15, 0.2) is 60.9 Å². The Kier molecular flexibility index (Phi) is 5.60. The molecule has 0 atom stereocenters. The molecule has 1 amide bonds. The summed E-state index contributed by atoms with van der Waals surface area (Å²) in [4.78, 5) is 51.5. The minimum atomic E-state index is -1.18. The minimum Gasteiger partial charge on any atom is -0.478 e. The van der Waals surface area contributed by atoms with Gasteiger partial charge in [0.1, 0.15) is 17.0 Å². The van der Waals surface area contributed by atoms with E-state index in [1.807, 2.05) is 25.1 Å². The van der Waals surface area contributed by atoms with Gasteiger partial charge < -0.3 is 19.6 Å². The molecule has 2 aromatic carbocycles. The molecule has 5 rings (SSSR count). The average molecular weight is 482 g/mol. The summed E-state index contributed by atoms with van der Waals surface area (Å²) in [7, 11) is 3.15. The number of hydrogen-bond acceptors (Lipinski definition) is 5. The molecule has 0 unspecified atom stereocenters. The molecular weight excluding hydrogens is 458 g/mol. The Bertz CT molecular complexity index is 1660. The molecule has 0 bridgehead atoms. The quantitative estimate of drug-likeness (QED) is 0.355. The van der Waals surface area contributed by atoms with E-state index in [0.29, 0.717) is 17.6 Å². The largest absolute Gasteiger partial charge is 0.478 e. The number of carboxylic acids is 1. The van der Waals surface area contributed by atoms with Gasteiger partial charge in [-0.15, -0.1) is 0 Å². The molecule has 180 valence electrons. The van der Waals surface area contributed by atoms with Gasteiger partial charge in [0.2, 0.25) is 0 Å². The SMILES string of the molecule is Cc1nc2cnccc2n1Cc1ccc(C(=O)c2c(C(=O)N(C)C)[nH]c3cccc(C(=O)O)c23)cc1. The molecule has 9 nitrogen and oxygen atoms in total. The highest BCUT2D eigenvalue weighted by Gasteiger charge is 2.28. The fourth-order valence-electron chi connectivity index (χ4n) is 4.43. The summed E-state index contributed by atoms with van der Waals surface area (Å²) in [5, 5.41) is 9.96. The topological polar surface area (TPSA) is 121 Å². The number of carbonyl (C=O) groups is 3. The van der Waals surface area contributed by atoms with Crippen molar-refractivity contribution in [1.82, 2.24) is 24.4 Å². The van der Waals surface area contributed by atoms with Crippen LogP contribution in [-0.2, 0) is 6.54 Å². The number of pyridine rings is 1. The van der Waals surface area contributed by atoms with Crippen LogP contribution in [0.25, 0.3) is 21.9 Å². The van der Waals surface area contributed by atoms with Gasteiger partial charge in [0, 0.05) is 43.3 Å². The second-order valence-corrected chi connectivity index (χ2v) is 8.74. The van der Waals surface area contributed by atoms with E-state index in [1.54, 1.807) is 50.8 Å². The first kappa shape index (κ1) is 23.0. The molecule has 0 spiro atoms. The molecule has 0 saturated carbocycles. The van der Waals surface area contributed by atoms with Crippen LogP contribution < -0.4 is 0 Å². The van der Waals surface area contributed by atoms with Crippen molar-refractivity contribution in [2.24, 2.45) is 0 Å². The number of fused-ring (bicyclic) bond motifs is 2. The molecule has 2 N–H and O–H groups in total. The number of aryl methyl sites for hydroxylation is 1. The third kappa shape index (κ3) is 3.80. The van der Waals surface area contributed by atoms with Crippen molar-refractivity contribution >= 4 is 39.6 Å². The lowest BCUT2D eigenvalue weighted by Crippen LogP contribution is -2.24. The molecule has 5 aromatic rings. The maximum absolute atomic E-state index is 13.7. The van der Waals surface area contributed by atoms with Crippen molar-refractivity contribution < 1.29 is 19.5 Å². The average Bonchev–Trinajstić information content (AvgIpc) is 3.41. The van der Waals surface area contributed by atoms with Crippen molar-refractivity contribution in [3.05, 3.63) is 94.7 Å². The number of carbonyl (C=O) groups excluding carboxylic acids is 2. The van der Waals surface area contributed by atoms with Crippen LogP contribution in [0.5, 0.6) is 0 Å². The number of carboxylic acid groups (broad SMARTS) is 1. The normalized spacial score (nSPS) is 11.2. The summed E-state index contributed by atoms with van der Waals surface area (Å²) in [5.74, 6) is -1.17. The predicted octanol–water partition coefficient (Wildman–Crippen LogP) is 3.90. The van der Waals surface area contributed by atoms with Crippen LogP contribution in [0.2, 0.25) is 0 Å². The van der Waals surface area contributed by atoms with Gasteiger partial charge in [0.15, 0.2) is 5.78 Å². The Hall–Kier alpha value is -4.79. The molecule has 0 saturated heterocycles. The second-order valence-electron chi connectivity index (χ2n) is 8.74. The van der Waals surface area contributed by atoms with Crippen LogP contribution in [0.4, 0.5) is 0 Å². The van der Waals surface area contributed by atoms with Crippen LogP contribution in [0.1, 0.15) is 48.2 Å². The summed E-state index contributed by atoms with van der Waals surface area (Å²) in [6.07, 6.45) is 3.45. The van der Waals surface area contributed by atoms with Gasteiger partial charge in [-0.3, -0.25) is 14.6 Å². The number of benzene rings is 2. The Morgan fingerprint density at radius 2 is 1.81 bits per heavy atom. The molecule has 3 heterocycles. The Morgan fingerprint density at radius 1 is 1.06 bits per heavy atom. The molecule has 0 radical (unpaired) electrons. The number of ketones is 1. The Morgan fingerprint density at radius 3 is 2.50 bits per heavy atom. The number of rotatable bonds is 6. The van der Waals surface area contributed by atoms with Crippen molar-refractivity contribution in [3.8, 4) is 0 Å². The monoisotopic (exact) mass is 481 g/mol. The number of nitrogens with one attached hydrogen (secondary N) is 1. The maximum Gasteiger partial charge on any atom is 0.336 e. The van der Waals surface area contributed by atoms with Crippen molar-refractivity contribution in [2.45, 2.75) is 13.5 Å². The lowest BCUT2D eigenvalue weighted by atomic mass is 9.96. The predicted molar refractivity (Wildman–Crippen MR) is 135 cm³/mol. The van der Waals surface area contributed by atoms with Crippen LogP contribution in [-0.4, -0.2) is 61.3 Å². The number of nitrogens with zero attached hydrogens (tertiary/aromatic N) is 4. The standard InChI is InChI=1S/C27H23N5O4/c1-15-29-20-13-28-12-11-21(20)32(15)14-16-7-9-17(10-8-16)25(33)23-22-18(27(35)36)5-4-6-19(22)30-24(23)26(34)31(2)3/h4-13,30H,14H2,1-3H3,(H,35,36). The number of aromatic nitrogens is 4. The van der Waals surface area contributed by atoms with Gasteiger partial charge in [-0.1, -0.05) is 30.3 Å². The van der Waals surface area contributed by atoms with Gasteiger partial charge in [-0.2, -0.15) is 0 Å². The van der Waals surface area contributed by atoms with Gasteiger partial charge in [-0.05, 0) is 30.7 Å². The molecule has 3 aromatic heterocycles. The molecule has 0 fully saturated rings. The Labute approximate surface area is 206 Å². The molecular formula is C27H23N5O4. The van der Waals surface area contributed by atoms with E-state index in [9.17, 15) is 19.5 Å². The molecule has 9 heteroatoms. The minimum absolute atomic E-state index is 0.0431. The smallest absolute Gasteiger partial charge is 0.336 e. The fraction of sp³-hybridized carbons (Fsp3) is 0.148. The zero-order valence-electron chi connectivity index (χ0n) is 19.9. The van der Waals surface area contributed by atoms with E-state index in [0.717, 1.165) is 22.4 Å². The second kappa shape index (κ2) is 8.77. The highest BCUT2D eigenvalue weighted by atomic mass is 16.4. The van der Waals surface area contributed by atoms with Gasteiger partial charge in [0.25, 0.3) is 5.91 Å². The lowest BCUT2D eigenvalue weighted by Gasteiger charge is -2.11. The number of imidazole rings is 1. The van der Waals surface area contributed by atoms with Gasteiger partial charge >= 0.3 is 5.97 Å². The van der Waals surface area contributed by atoms with Crippen molar-refractivity contribution in [3.63, 3.8) is 0 Å². The number of H-pyrrole nitrogens is 1. The van der Waals surface area contributed by atoms with E-state index in [2.05, 4.69) is 19.5 Å². The van der Waals surface area contributed by atoms with E-state index in [4.69, 9.17) is 0 Å². The first-order chi connectivity index (χ1) is 17.3. The van der Waals surface area contributed by atoms with Gasteiger partial charge in [0.05, 0.1) is 22.8 Å². The zero-order valence-corrected chi connectivity index (χ0v) is 19.9. The number of hydrogen-bond donors (Lipinski definition) is 2. The van der Waals surface area contributed by atoms with Crippen molar-refractivity contribution in [1.29, 1.82) is 0 Å². The molecule has 36 heavy (non-hydrogen) atoms. The summed E-state index contributed by atoms with van der Waals surface area (Å²) in [5.41, 5.74) is 3.58. The van der Waals surface area contributed by atoms with Crippen molar-refractivity contribution in [2.75, 3.05) is 14.1 Å². The first-order valence-corrected chi connectivity index (χ1v) is 11.3. The fourth-order valence-corrected chi connectivity index (χ4v) is 4.43. The summed E-state index contributed by atoms with van der Waals surface area (Å²) >= 11 is 0. The highest BCUT2D eigenvalue weighted by Crippen LogP contribution is 2.29.